The summed E-state index contributed by atoms with van der Waals surface area (Å²) < 4.78 is 14.3. The molecule has 1 aromatic carbocycles. The number of nitrogens with two attached hydrogens (primary N) is 1. The van der Waals surface area contributed by atoms with E-state index in [0.29, 0.717) is 18.7 Å². The summed E-state index contributed by atoms with van der Waals surface area (Å²) >= 11 is 3.30. The molecule has 0 saturated heterocycles. The van der Waals surface area contributed by atoms with Crippen LogP contribution in [0.3, 0.4) is 0 Å². The number of hydrogen-bond acceptors (Lipinski definition) is 3. The molecule has 0 aliphatic carbocycles. The highest BCUT2D eigenvalue weighted by Crippen LogP contribution is 2.16. The van der Waals surface area contributed by atoms with Gasteiger partial charge in [-0.25, -0.2) is 4.39 Å². The highest BCUT2D eigenvalue weighted by Gasteiger charge is 2.09. The molecule has 0 aliphatic heterocycles. The number of likely N-dealkylation sites (N-methyl/N-ethyl adjacent to an activating group) is 1. The van der Waals surface area contributed by atoms with Crippen molar-refractivity contribution in [3.63, 3.8) is 0 Å². The van der Waals surface area contributed by atoms with E-state index in [2.05, 4.69) is 15.9 Å². The van der Waals surface area contributed by atoms with Crippen molar-refractivity contribution >= 4 is 15.9 Å². The van der Waals surface area contributed by atoms with Crippen molar-refractivity contribution in [2.75, 3.05) is 20.1 Å². The topological polar surface area (TPSA) is 49.5 Å². The van der Waals surface area contributed by atoms with Gasteiger partial charge in [-0.1, -0.05) is 15.9 Å². The molecule has 0 aliphatic rings. The zero-order valence-electron chi connectivity index (χ0n) is 9.16. The third-order valence-electron chi connectivity index (χ3n) is 2.24. The van der Waals surface area contributed by atoms with Gasteiger partial charge in [0, 0.05) is 29.7 Å². The Morgan fingerprint density at radius 1 is 1.56 bits per heavy atom. The molecule has 5 heteroatoms. The van der Waals surface area contributed by atoms with Crippen LogP contribution in [0.5, 0.6) is 0 Å². The van der Waals surface area contributed by atoms with Gasteiger partial charge in [0.1, 0.15) is 5.82 Å². The van der Waals surface area contributed by atoms with Crippen molar-refractivity contribution in [1.82, 2.24) is 4.90 Å². The maximum Gasteiger partial charge on any atom is 0.127 e. The largest absolute Gasteiger partial charge is 0.390 e. The fourth-order valence-corrected chi connectivity index (χ4v) is 1.86. The molecule has 1 aromatic rings. The predicted octanol–water partition coefficient (Wildman–Crippen LogP) is 1.34. The van der Waals surface area contributed by atoms with Gasteiger partial charge in [0.05, 0.1) is 6.10 Å². The lowest BCUT2D eigenvalue weighted by Gasteiger charge is -2.20. The monoisotopic (exact) mass is 290 g/mol. The minimum atomic E-state index is -0.569. The van der Waals surface area contributed by atoms with Gasteiger partial charge in [-0.15, -0.1) is 0 Å². The molecule has 3 nitrogen and oxygen atoms in total. The minimum absolute atomic E-state index is 0.214. The first-order valence-corrected chi connectivity index (χ1v) is 5.83. The number of nitrogens with zero attached hydrogens (tertiary/aromatic N) is 1. The van der Waals surface area contributed by atoms with Crippen LogP contribution in [0.4, 0.5) is 4.39 Å². The average molecular weight is 291 g/mol. The summed E-state index contributed by atoms with van der Waals surface area (Å²) in [6.45, 7) is 1.09. The lowest BCUT2D eigenvalue weighted by Crippen LogP contribution is -2.33. The second-order valence-electron chi connectivity index (χ2n) is 3.82. The molecule has 0 bridgehead atoms. The number of aliphatic hydroxyl groups excluding tert-OH is 1. The van der Waals surface area contributed by atoms with Gasteiger partial charge in [0.15, 0.2) is 0 Å². The average Bonchev–Trinajstić information content (AvgIpc) is 2.23. The Bertz CT molecular complexity index is 349. The minimum Gasteiger partial charge on any atom is -0.390 e. The molecule has 0 heterocycles. The van der Waals surface area contributed by atoms with E-state index in [-0.39, 0.29) is 12.4 Å². The van der Waals surface area contributed by atoms with Gasteiger partial charge in [0.2, 0.25) is 0 Å². The van der Waals surface area contributed by atoms with E-state index in [1.807, 2.05) is 11.9 Å². The van der Waals surface area contributed by atoms with Crippen LogP contribution in [0.25, 0.3) is 0 Å². The van der Waals surface area contributed by atoms with Crippen molar-refractivity contribution in [2.45, 2.75) is 12.6 Å². The molecule has 1 atom stereocenters. The zero-order valence-corrected chi connectivity index (χ0v) is 10.7. The summed E-state index contributed by atoms with van der Waals surface area (Å²) in [7, 11) is 1.82. The van der Waals surface area contributed by atoms with E-state index in [1.165, 1.54) is 6.07 Å². The Labute approximate surface area is 103 Å². The van der Waals surface area contributed by atoms with Crippen molar-refractivity contribution < 1.29 is 9.50 Å². The lowest BCUT2D eigenvalue weighted by molar-refractivity contribution is 0.129. The summed E-state index contributed by atoms with van der Waals surface area (Å²) in [6, 6.07) is 4.82. The Balaban J connectivity index is 2.61. The summed E-state index contributed by atoms with van der Waals surface area (Å²) in [6.07, 6.45) is -0.569. The van der Waals surface area contributed by atoms with Crippen LogP contribution in [-0.4, -0.2) is 36.2 Å². The molecular formula is C11H16BrFN2O. The number of aliphatic hydroxyl groups is 1. The molecule has 0 fully saturated rings. The van der Waals surface area contributed by atoms with Gasteiger partial charge in [0.25, 0.3) is 0 Å². The molecule has 90 valence electrons. The Hall–Kier alpha value is -0.490. The second kappa shape index (κ2) is 6.30. The number of halogens is 2. The highest BCUT2D eigenvalue weighted by atomic mass is 79.9. The third kappa shape index (κ3) is 4.17. The van der Waals surface area contributed by atoms with Gasteiger partial charge < -0.3 is 10.8 Å². The molecule has 0 saturated carbocycles. The van der Waals surface area contributed by atoms with Crippen LogP contribution < -0.4 is 5.73 Å². The number of rotatable bonds is 5. The second-order valence-corrected chi connectivity index (χ2v) is 4.74. The molecule has 1 unspecified atom stereocenters. The summed E-state index contributed by atoms with van der Waals surface area (Å²) in [5.74, 6) is -0.239. The summed E-state index contributed by atoms with van der Waals surface area (Å²) in [5, 5.41) is 9.36. The first kappa shape index (κ1) is 13.6. The van der Waals surface area contributed by atoms with E-state index in [9.17, 15) is 9.50 Å². The van der Waals surface area contributed by atoms with Gasteiger partial charge in [-0.2, -0.15) is 0 Å². The predicted molar refractivity (Wildman–Crippen MR) is 65.5 cm³/mol. The summed E-state index contributed by atoms with van der Waals surface area (Å²) in [5.41, 5.74) is 5.91. The van der Waals surface area contributed by atoms with Crippen LogP contribution >= 0.6 is 15.9 Å². The van der Waals surface area contributed by atoms with Crippen LogP contribution in [-0.2, 0) is 6.54 Å². The van der Waals surface area contributed by atoms with Crippen molar-refractivity contribution in [3.8, 4) is 0 Å². The SMILES string of the molecule is CN(Cc1cc(Br)ccc1F)CC(O)CN. The Kier molecular flexibility index (Phi) is 5.34. The molecular weight excluding hydrogens is 275 g/mol. The maximum atomic E-state index is 13.4. The van der Waals surface area contributed by atoms with Gasteiger partial charge in [-0.3, -0.25) is 4.90 Å². The third-order valence-corrected chi connectivity index (χ3v) is 2.74. The standard InChI is InChI=1S/C11H16BrFN2O/c1-15(7-10(16)5-14)6-8-4-9(12)2-3-11(8)13/h2-4,10,16H,5-7,14H2,1H3. The fraction of sp³-hybridized carbons (Fsp3) is 0.455. The van der Waals surface area contributed by atoms with E-state index < -0.39 is 6.10 Å². The van der Waals surface area contributed by atoms with Gasteiger partial charge in [-0.05, 0) is 25.2 Å². The van der Waals surface area contributed by atoms with E-state index >= 15 is 0 Å². The fourth-order valence-electron chi connectivity index (χ4n) is 1.45. The molecule has 0 radical (unpaired) electrons. The summed E-state index contributed by atoms with van der Waals surface area (Å²) in [4.78, 5) is 1.84. The molecule has 16 heavy (non-hydrogen) atoms. The van der Waals surface area contributed by atoms with E-state index in [0.717, 1.165) is 4.47 Å². The van der Waals surface area contributed by atoms with E-state index in [1.54, 1.807) is 12.1 Å². The van der Waals surface area contributed by atoms with E-state index in [4.69, 9.17) is 5.73 Å². The smallest absolute Gasteiger partial charge is 0.127 e. The maximum absolute atomic E-state index is 13.4. The van der Waals surface area contributed by atoms with Crippen molar-refractivity contribution in [2.24, 2.45) is 5.73 Å². The lowest BCUT2D eigenvalue weighted by atomic mass is 10.2. The van der Waals surface area contributed by atoms with Crippen LogP contribution in [0, 0.1) is 5.82 Å². The normalized spacial score (nSPS) is 13.1. The molecule has 3 N–H and O–H groups in total. The quantitative estimate of drug-likeness (QED) is 0.860. The molecule has 0 amide bonds. The van der Waals surface area contributed by atoms with Crippen LogP contribution in [0.2, 0.25) is 0 Å². The Morgan fingerprint density at radius 2 is 2.25 bits per heavy atom. The molecule has 1 rings (SSSR count). The number of benzene rings is 1. The first-order valence-electron chi connectivity index (χ1n) is 5.03. The highest BCUT2D eigenvalue weighted by molar-refractivity contribution is 9.10. The van der Waals surface area contributed by atoms with Crippen LogP contribution in [0.15, 0.2) is 22.7 Å². The first-order chi connectivity index (χ1) is 7.52. The van der Waals surface area contributed by atoms with Crippen molar-refractivity contribution in [1.29, 1.82) is 0 Å². The zero-order chi connectivity index (χ0) is 12.1. The molecule has 0 aromatic heterocycles. The Morgan fingerprint density at radius 3 is 2.88 bits per heavy atom. The van der Waals surface area contributed by atoms with Gasteiger partial charge >= 0.3 is 0 Å². The molecule has 0 spiro atoms. The number of hydrogen-bond donors (Lipinski definition) is 2. The van der Waals surface area contributed by atoms with Crippen molar-refractivity contribution in [3.05, 3.63) is 34.1 Å². The van der Waals surface area contributed by atoms with Crippen LogP contribution in [0.1, 0.15) is 5.56 Å².